The number of benzene rings is 1. The largest absolute Gasteiger partial charge is 0.339 e. The van der Waals surface area contributed by atoms with Gasteiger partial charge < -0.3 is 11.1 Å². The highest BCUT2D eigenvalue weighted by molar-refractivity contribution is 5.97. The van der Waals surface area contributed by atoms with Crippen molar-refractivity contribution in [1.29, 1.82) is 0 Å². The second-order valence-corrected chi connectivity index (χ2v) is 5.35. The first kappa shape index (κ1) is 18.1. The Morgan fingerprint density at radius 2 is 1.64 bits per heavy atom. The molecule has 0 fully saturated rings. The number of aromatic nitrogens is 1. The number of hydrogen-bond donors (Lipinski definition) is 4. The van der Waals surface area contributed by atoms with Gasteiger partial charge in [-0.05, 0) is 43.3 Å². The molecule has 1 heterocycles. The van der Waals surface area contributed by atoms with Crippen LogP contribution < -0.4 is 16.5 Å². The van der Waals surface area contributed by atoms with Crippen molar-refractivity contribution < 1.29 is 14.8 Å². The van der Waals surface area contributed by atoms with Crippen LogP contribution in [0.25, 0.3) is 0 Å². The minimum Gasteiger partial charge on any atom is -0.339 e. The average Bonchev–Trinajstić information content (AvgIpc) is 2.64. The Balaban J connectivity index is 2.07. The molecule has 2 atom stereocenters. The van der Waals surface area contributed by atoms with E-state index in [0.717, 1.165) is 11.1 Å². The van der Waals surface area contributed by atoms with Gasteiger partial charge in [-0.25, -0.2) is 5.48 Å². The predicted molar refractivity (Wildman–Crippen MR) is 91.5 cm³/mol. The molecule has 2 aromatic rings. The van der Waals surface area contributed by atoms with Crippen LogP contribution in [0.3, 0.4) is 0 Å². The Labute approximate surface area is 145 Å². The number of rotatable bonds is 4. The lowest BCUT2D eigenvalue weighted by atomic mass is 10.1. The number of nitrogens with two attached hydrogens (primary N) is 1. The zero-order valence-corrected chi connectivity index (χ0v) is 13.6. The van der Waals surface area contributed by atoms with Crippen molar-refractivity contribution in [2.45, 2.75) is 19.0 Å². The molecule has 0 saturated heterocycles. The van der Waals surface area contributed by atoms with Gasteiger partial charge in [0, 0.05) is 35.1 Å². The van der Waals surface area contributed by atoms with E-state index in [0.29, 0.717) is 5.56 Å². The maximum atomic E-state index is 12.2. The molecule has 0 unspecified atom stereocenters. The summed E-state index contributed by atoms with van der Waals surface area (Å²) in [5.74, 6) is 4.73. The van der Waals surface area contributed by atoms with Crippen LogP contribution in [0.5, 0.6) is 0 Å². The fourth-order valence-electron chi connectivity index (χ4n) is 2.01. The molecular formula is C18H18N4O3. The first-order valence-corrected chi connectivity index (χ1v) is 7.54. The molecule has 0 spiro atoms. The molecule has 2 amide bonds. The third-order valence-electron chi connectivity index (χ3n) is 3.38. The number of nitrogens with one attached hydrogen (secondary N) is 2. The highest BCUT2D eigenvalue weighted by Crippen LogP contribution is 2.05. The summed E-state index contributed by atoms with van der Waals surface area (Å²) in [5.41, 5.74) is 9.07. The molecule has 7 nitrogen and oxygen atoms in total. The van der Waals surface area contributed by atoms with E-state index in [-0.39, 0.29) is 0 Å². The van der Waals surface area contributed by atoms with E-state index in [1.54, 1.807) is 55.7 Å². The van der Waals surface area contributed by atoms with Gasteiger partial charge in [0.2, 0.25) is 0 Å². The third kappa shape index (κ3) is 5.14. The molecule has 2 rings (SSSR count). The summed E-state index contributed by atoms with van der Waals surface area (Å²) in [6.07, 6.45) is 3.32. The van der Waals surface area contributed by atoms with E-state index in [9.17, 15) is 9.59 Å². The first-order valence-electron chi connectivity index (χ1n) is 7.54. The molecule has 1 aromatic heterocycles. The minimum absolute atomic E-state index is 0.353. The standard InChI is InChI=1S/C18H18N4O3/c1-12(19)16(18(24)22-25)21-17(23)15-6-4-13(5-7-15)2-3-14-8-10-20-11-9-14/h4-12,16,25H,19H2,1H3,(H,21,23)(H,22,24)/t12-,16+/m1/s1. The summed E-state index contributed by atoms with van der Waals surface area (Å²) in [4.78, 5) is 27.6. The lowest BCUT2D eigenvalue weighted by Gasteiger charge is -2.20. The summed E-state index contributed by atoms with van der Waals surface area (Å²) >= 11 is 0. The van der Waals surface area contributed by atoms with Crippen LogP contribution in [0.4, 0.5) is 0 Å². The highest BCUT2D eigenvalue weighted by atomic mass is 16.5. The molecule has 0 radical (unpaired) electrons. The Bertz CT molecular complexity index is 793. The third-order valence-corrected chi connectivity index (χ3v) is 3.38. The number of amides is 2. The molecule has 0 aliphatic carbocycles. The predicted octanol–water partition coefficient (Wildman–Crippen LogP) is 0.432. The van der Waals surface area contributed by atoms with Gasteiger partial charge in [-0.1, -0.05) is 11.8 Å². The molecule has 0 bridgehead atoms. The van der Waals surface area contributed by atoms with Crippen LogP contribution in [0.2, 0.25) is 0 Å². The Hall–Kier alpha value is -3.21. The SMILES string of the molecule is C[C@@H](N)[C@H](NC(=O)c1ccc(C#Cc2ccncc2)cc1)C(=O)NO. The van der Waals surface area contributed by atoms with Crippen LogP contribution in [0, 0.1) is 11.8 Å². The quantitative estimate of drug-likeness (QED) is 0.366. The molecule has 25 heavy (non-hydrogen) atoms. The van der Waals surface area contributed by atoms with Crippen molar-refractivity contribution in [1.82, 2.24) is 15.8 Å². The number of hydrogen-bond acceptors (Lipinski definition) is 5. The summed E-state index contributed by atoms with van der Waals surface area (Å²) < 4.78 is 0. The maximum Gasteiger partial charge on any atom is 0.267 e. The average molecular weight is 338 g/mol. The van der Waals surface area contributed by atoms with Crippen molar-refractivity contribution in [3.63, 3.8) is 0 Å². The van der Waals surface area contributed by atoms with Crippen molar-refractivity contribution >= 4 is 11.8 Å². The molecule has 5 N–H and O–H groups in total. The molecule has 128 valence electrons. The molecule has 0 aliphatic heterocycles. The summed E-state index contributed by atoms with van der Waals surface area (Å²) in [7, 11) is 0. The van der Waals surface area contributed by atoms with Gasteiger partial charge in [0.15, 0.2) is 0 Å². The van der Waals surface area contributed by atoms with Crippen LogP contribution >= 0.6 is 0 Å². The highest BCUT2D eigenvalue weighted by Gasteiger charge is 2.24. The summed E-state index contributed by atoms with van der Waals surface area (Å²) in [6.45, 7) is 1.55. The van der Waals surface area contributed by atoms with Crippen molar-refractivity contribution in [3.05, 3.63) is 65.5 Å². The summed E-state index contributed by atoms with van der Waals surface area (Å²) in [6, 6.07) is 8.50. The van der Waals surface area contributed by atoms with E-state index in [1.807, 2.05) is 0 Å². The van der Waals surface area contributed by atoms with Gasteiger partial charge in [-0.15, -0.1) is 0 Å². The van der Waals surface area contributed by atoms with Crippen molar-refractivity contribution in [2.24, 2.45) is 5.73 Å². The van der Waals surface area contributed by atoms with Crippen LogP contribution in [-0.4, -0.2) is 34.1 Å². The topological polar surface area (TPSA) is 117 Å². The normalized spacial score (nSPS) is 12.3. The molecule has 1 aromatic carbocycles. The van der Waals surface area contributed by atoms with Crippen molar-refractivity contribution in [2.75, 3.05) is 0 Å². The van der Waals surface area contributed by atoms with E-state index in [2.05, 4.69) is 22.1 Å². The lowest BCUT2D eigenvalue weighted by Crippen LogP contribution is -2.54. The van der Waals surface area contributed by atoms with Gasteiger partial charge in [0.25, 0.3) is 11.8 Å². The monoisotopic (exact) mass is 338 g/mol. The van der Waals surface area contributed by atoms with E-state index in [4.69, 9.17) is 10.9 Å². The fraction of sp³-hybridized carbons (Fsp3) is 0.167. The zero-order valence-electron chi connectivity index (χ0n) is 13.6. The van der Waals surface area contributed by atoms with E-state index < -0.39 is 23.9 Å². The van der Waals surface area contributed by atoms with Gasteiger partial charge >= 0.3 is 0 Å². The van der Waals surface area contributed by atoms with Crippen LogP contribution in [0.1, 0.15) is 28.4 Å². The number of nitrogens with zero attached hydrogens (tertiary/aromatic N) is 1. The maximum absolute atomic E-state index is 12.2. The van der Waals surface area contributed by atoms with Gasteiger partial charge in [-0.2, -0.15) is 0 Å². The van der Waals surface area contributed by atoms with Crippen LogP contribution in [-0.2, 0) is 4.79 Å². The Kier molecular flexibility index (Phi) is 6.23. The van der Waals surface area contributed by atoms with Crippen molar-refractivity contribution in [3.8, 4) is 11.8 Å². The lowest BCUT2D eigenvalue weighted by molar-refractivity contribution is -0.131. The van der Waals surface area contributed by atoms with Crippen LogP contribution in [0.15, 0.2) is 48.8 Å². The van der Waals surface area contributed by atoms with Gasteiger partial charge in [-0.3, -0.25) is 19.8 Å². The first-order chi connectivity index (χ1) is 12.0. The fourth-order valence-corrected chi connectivity index (χ4v) is 2.01. The second-order valence-electron chi connectivity index (χ2n) is 5.35. The van der Waals surface area contributed by atoms with Gasteiger partial charge in [0.1, 0.15) is 6.04 Å². The molecule has 0 aliphatic rings. The second kappa shape index (κ2) is 8.59. The van der Waals surface area contributed by atoms with E-state index >= 15 is 0 Å². The number of hydroxylamine groups is 1. The molecule has 7 heteroatoms. The molecular weight excluding hydrogens is 320 g/mol. The molecule has 0 saturated carbocycles. The summed E-state index contributed by atoms with van der Waals surface area (Å²) in [5, 5.41) is 11.2. The smallest absolute Gasteiger partial charge is 0.267 e. The number of carbonyl (C=O) groups is 2. The Morgan fingerprint density at radius 1 is 1.08 bits per heavy atom. The minimum atomic E-state index is -1.04. The Morgan fingerprint density at radius 3 is 2.16 bits per heavy atom. The number of pyridine rings is 1. The zero-order chi connectivity index (χ0) is 18.2. The van der Waals surface area contributed by atoms with E-state index in [1.165, 1.54) is 5.48 Å². The van der Waals surface area contributed by atoms with Gasteiger partial charge in [0.05, 0.1) is 0 Å². The number of carbonyl (C=O) groups excluding carboxylic acids is 2.